The summed E-state index contributed by atoms with van der Waals surface area (Å²) in [5, 5.41) is 0. The molecule has 0 amide bonds. The molecule has 0 N–H and O–H groups in total. The van der Waals surface area contributed by atoms with Gasteiger partial charge in [-0.15, -0.1) is 0 Å². The fourth-order valence-corrected chi connectivity index (χ4v) is 3.31. The Bertz CT molecular complexity index is 884. The number of ketones is 2. The Hall–Kier alpha value is -2.66. The number of nitrogens with zero attached hydrogens (tertiary/aromatic N) is 2. The van der Waals surface area contributed by atoms with Crippen LogP contribution in [0.1, 0.15) is 31.3 Å². The normalized spacial score (nSPS) is 13.0. The van der Waals surface area contributed by atoms with Gasteiger partial charge in [-0.05, 0) is 23.7 Å². The number of rotatable bonds is 1. The molecule has 0 spiro atoms. The van der Waals surface area contributed by atoms with Crippen molar-refractivity contribution in [1.29, 1.82) is 0 Å². The molecule has 3 aromatic rings. The van der Waals surface area contributed by atoms with Crippen LogP contribution in [-0.2, 0) is 0 Å². The average molecular weight is 292 g/mol. The molecule has 0 aliphatic heterocycles. The number of carbonyl (C=O) groups excluding carboxylic acids is 2. The second kappa shape index (κ2) is 4.43. The zero-order chi connectivity index (χ0) is 14.4. The van der Waals surface area contributed by atoms with Crippen LogP contribution >= 0.6 is 11.5 Å². The molecule has 2 aromatic heterocycles. The molecule has 0 atom stereocenters. The van der Waals surface area contributed by atoms with E-state index < -0.39 is 0 Å². The van der Waals surface area contributed by atoms with Crippen LogP contribution in [-0.4, -0.2) is 20.9 Å². The van der Waals surface area contributed by atoms with E-state index in [0.29, 0.717) is 21.7 Å². The molecule has 0 saturated carbocycles. The number of fused-ring (bicyclic) bond motifs is 2. The molecule has 0 bridgehead atoms. The van der Waals surface area contributed by atoms with E-state index in [-0.39, 0.29) is 17.3 Å². The Morgan fingerprint density at radius 2 is 1.67 bits per heavy atom. The lowest BCUT2D eigenvalue weighted by atomic mass is 9.90. The summed E-state index contributed by atoms with van der Waals surface area (Å²) in [5.41, 5.74) is 2.34. The van der Waals surface area contributed by atoms with Crippen LogP contribution in [0.5, 0.6) is 0 Å². The maximum atomic E-state index is 12.7. The molecule has 4 rings (SSSR count). The van der Waals surface area contributed by atoms with Crippen molar-refractivity contribution in [3.8, 4) is 11.3 Å². The monoisotopic (exact) mass is 292 g/mol. The molecule has 2 heterocycles. The maximum absolute atomic E-state index is 12.7. The van der Waals surface area contributed by atoms with Crippen LogP contribution in [0.15, 0.2) is 48.7 Å². The fourth-order valence-electron chi connectivity index (χ4n) is 2.46. The van der Waals surface area contributed by atoms with E-state index in [4.69, 9.17) is 0 Å². The fraction of sp³-hybridized carbons (Fsp3) is 0. The van der Waals surface area contributed by atoms with Crippen LogP contribution < -0.4 is 0 Å². The topological polar surface area (TPSA) is 59.9 Å². The zero-order valence-corrected chi connectivity index (χ0v) is 11.6. The Morgan fingerprint density at radius 3 is 2.48 bits per heavy atom. The highest BCUT2D eigenvalue weighted by molar-refractivity contribution is 7.09. The number of benzene rings is 1. The highest BCUT2D eigenvalue weighted by Gasteiger charge is 2.35. The Balaban J connectivity index is 1.98. The van der Waals surface area contributed by atoms with Crippen LogP contribution in [0.25, 0.3) is 11.3 Å². The maximum Gasteiger partial charge on any atom is 0.215 e. The van der Waals surface area contributed by atoms with E-state index in [1.54, 1.807) is 12.1 Å². The number of aromatic nitrogens is 2. The Labute approximate surface area is 124 Å². The second-order valence-corrected chi connectivity index (χ2v) is 5.43. The minimum absolute atomic E-state index is 0.174. The number of carbonyl (C=O) groups is 2. The van der Waals surface area contributed by atoms with Crippen molar-refractivity contribution in [2.45, 2.75) is 0 Å². The molecule has 1 aliphatic rings. The van der Waals surface area contributed by atoms with Crippen molar-refractivity contribution in [3.05, 3.63) is 70.4 Å². The molecule has 4 nitrogen and oxygen atoms in total. The highest BCUT2D eigenvalue weighted by Crippen LogP contribution is 2.35. The van der Waals surface area contributed by atoms with Gasteiger partial charge in [0, 0.05) is 11.8 Å². The number of hydrogen-bond donors (Lipinski definition) is 0. The van der Waals surface area contributed by atoms with Crippen molar-refractivity contribution in [2.24, 2.45) is 0 Å². The predicted molar refractivity (Wildman–Crippen MR) is 78.7 cm³/mol. The summed E-state index contributed by atoms with van der Waals surface area (Å²) in [4.78, 5) is 29.6. The molecule has 0 radical (unpaired) electrons. The highest BCUT2D eigenvalue weighted by atomic mass is 32.1. The summed E-state index contributed by atoms with van der Waals surface area (Å²) in [6, 6.07) is 12.7. The largest absolute Gasteiger partial charge is 0.288 e. The smallest absolute Gasteiger partial charge is 0.215 e. The first-order chi connectivity index (χ1) is 10.3. The van der Waals surface area contributed by atoms with Gasteiger partial charge in [0.2, 0.25) is 11.6 Å². The van der Waals surface area contributed by atoms with Gasteiger partial charge in [0.05, 0.1) is 16.8 Å². The van der Waals surface area contributed by atoms with Gasteiger partial charge in [-0.3, -0.25) is 14.6 Å². The second-order valence-electron chi connectivity index (χ2n) is 4.66. The van der Waals surface area contributed by atoms with Gasteiger partial charge in [0.15, 0.2) is 0 Å². The van der Waals surface area contributed by atoms with Gasteiger partial charge in [-0.1, -0.05) is 30.3 Å². The molecule has 0 saturated heterocycles. The van der Waals surface area contributed by atoms with E-state index in [1.807, 2.05) is 30.3 Å². The predicted octanol–water partition coefficient (Wildman–Crippen LogP) is 2.98. The summed E-state index contributed by atoms with van der Waals surface area (Å²) >= 11 is 1.07. The summed E-state index contributed by atoms with van der Waals surface area (Å²) in [5.74, 6) is -0.403. The summed E-state index contributed by atoms with van der Waals surface area (Å²) in [7, 11) is 0. The van der Waals surface area contributed by atoms with Crippen LogP contribution in [0, 0.1) is 0 Å². The van der Waals surface area contributed by atoms with Gasteiger partial charge >= 0.3 is 0 Å². The SMILES string of the molecule is O=C1c2cccnc2C(=O)c2c(-c3ccccc3)nsc21. The van der Waals surface area contributed by atoms with E-state index in [2.05, 4.69) is 9.36 Å². The third kappa shape index (κ3) is 1.68. The first-order valence-electron chi connectivity index (χ1n) is 6.37. The minimum atomic E-state index is -0.229. The molecule has 1 aliphatic carbocycles. The molecular formula is C16H8N2O2S. The lowest BCUT2D eigenvalue weighted by Crippen LogP contribution is -2.20. The van der Waals surface area contributed by atoms with E-state index in [9.17, 15) is 9.59 Å². The molecule has 1 aromatic carbocycles. The molecular weight excluding hydrogens is 284 g/mol. The third-order valence-electron chi connectivity index (χ3n) is 3.44. The first-order valence-corrected chi connectivity index (χ1v) is 7.14. The van der Waals surface area contributed by atoms with Gasteiger partial charge in [-0.2, -0.15) is 4.37 Å². The zero-order valence-electron chi connectivity index (χ0n) is 10.7. The van der Waals surface area contributed by atoms with Crippen LogP contribution in [0.4, 0.5) is 0 Å². The summed E-state index contributed by atoms with van der Waals surface area (Å²) in [6.45, 7) is 0. The minimum Gasteiger partial charge on any atom is -0.288 e. The molecule has 21 heavy (non-hydrogen) atoms. The standard InChI is InChI=1S/C16H8N2O2S/c19-14-10-7-4-8-17-13(10)15(20)11-12(18-21-16(11)14)9-5-2-1-3-6-9/h1-8H. The molecule has 0 fully saturated rings. The van der Waals surface area contributed by atoms with E-state index in [0.717, 1.165) is 17.1 Å². The van der Waals surface area contributed by atoms with Gasteiger partial charge < -0.3 is 0 Å². The molecule has 100 valence electrons. The van der Waals surface area contributed by atoms with Crippen molar-refractivity contribution < 1.29 is 9.59 Å². The summed E-state index contributed by atoms with van der Waals surface area (Å²) < 4.78 is 4.32. The van der Waals surface area contributed by atoms with E-state index in [1.165, 1.54) is 6.20 Å². The number of pyridine rings is 1. The lowest BCUT2D eigenvalue weighted by Gasteiger charge is -2.13. The van der Waals surface area contributed by atoms with Gasteiger partial charge in [0.1, 0.15) is 10.6 Å². The first kappa shape index (κ1) is 12.1. The lowest BCUT2D eigenvalue weighted by molar-refractivity contribution is 0.0979. The third-order valence-corrected chi connectivity index (χ3v) is 4.29. The van der Waals surface area contributed by atoms with Gasteiger partial charge in [0.25, 0.3) is 0 Å². The summed E-state index contributed by atoms with van der Waals surface area (Å²) in [6.07, 6.45) is 1.52. The van der Waals surface area contributed by atoms with Crippen molar-refractivity contribution >= 4 is 23.1 Å². The Morgan fingerprint density at radius 1 is 0.857 bits per heavy atom. The molecule has 5 heteroatoms. The van der Waals surface area contributed by atoms with E-state index >= 15 is 0 Å². The van der Waals surface area contributed by atoms with Crippen molar-refractivity contribution in [2.75, 3.05) is 0 Å². The number of hydrogen-bond acceptors (Lipinski definition) is 5. The van der Waals surface area contributed by atoms with Gasteiger partial charge in [-0.25, -0.2) is 0 Å². The average Bonchev–Trinajstić information content (AvgIpc) is 2.99. The van der Waals surface area contributed by atoms with Crippen LogP contribution in [0.2, 0.25) is 0 Å². The van der Waals surface area contributed by atoms with Crippen molar-refractivity contribution in [3.63, 3.8) is 0 Å². The quantitative estimate of drug-likeness (QED) is 0.541. The molecule has 0 unspecified atom stereocenters. The van der Waals surface area contributed by atoms with Crippen LogP contribution in [0.3, 0.4) is 0 Å². The van der Waals surface area contributed by atoms with Crippen molar-refractivity contribution in [1.82, 2.24) is 9.36 Å². The Kier molecular flexibility index (Phi) is 2.55.